The molecule has 0 saturated heterocycles. The van der Waals surface area contributed by atoms with Crippen LogP contribution in [0.25, 0.3) is 5.65 Å². The van der Waals surface area contributed by atoms with Crippen molar-refractivity contribution in [2.45, 2.75) is 17.9 Å². The number of nitrogens with zero attached hydrogens (tertiary/aromatic N) is 3. The van der Waals surface area contributed by atoms with Crippen LogP contribution in [0, 0.1) is 5.92 Å². The zero-order valence-electron chi connectivity index (χ0n) is 11.6. The van der Waals surface area contributed by atoms with Crippen LogP contribution in [0.2, 0.25) is 0 Å². The average molecular weight is 294 g/mol. The highest BCUT2D eigenvalue weighted by Gasteiger charge is 2.33. The van der Waals surface area contributed by atoms with E-state index in [0.717, 1.165) is 12.8 Å². The summed E-state index contributed by atoms with van der Waals surface area (Å²) < 4.78 is 28.6. The smallest absolute Gasteiger partial charge is 0.262 e. The second kappa shape index (κ2) is 4.75. The van der Waals surface area contributed by atoms with Crippen molar-refractivity contribution in [2.75, 3.05) is 26.0 Å². The Hall–Kier alpha value is -1.60. The minimum absolute atomic E-state index is 0.207. The highest BCUT2D eigenvalue weighted by molar-refractivity contribution is 7.89. The standard InChI is InChI=1S/C13H18N4O2S/c1-14-12-13(17-8-4-3-5-11(17)15-12)20(18,19)16(2)9-10-6-7-10/h3-5,8,10,14H,6-7,9H2,1-2H3. The molecule has 1 saturated carbocycles. The molecule has 0 bridgehead atoms. The van der Waals surface area contributed by atoms with Crippen molar-refractivity contribution in [1.82, 2.24) is 13.7 Å². The Morgan fingerprint density at radius 1 is 1.45 bits per heavy atom. The third-order valence-electron chi connectivity index (χ3n) is 3.59. The molecule has 2 aromatic rings. The molecule has 0 unspecified atom stereocenters. The van der Waals surface area contributed by atoms with E-state index < -0.39 is 10.0 Å². The molecule has 6 nitrogen and oxygen atoms in total. The van der Waals surface area contributed by atoms with Gasteiger partial charge in [0.1, 0.15) is 5.65 Å². The van der Waals surface area contributed by atoms with Gasteiger partial charge in [-0.1, -0.05) is 6.07 Å². The van der Waals surface area contributed by atoms with Gasteiger partial charge in [-0.05, 0) is 30.9 Å². The summed E-state index contributed by atoms with van der Waals surface area (Å²) in [6.07, 6.45) is 3.96. The van der Waals surface area contributed by atoms with Gasteiger partial charge in [0.05, 0.1) is 0 Å². The molecule has 1 aliphatic carbocycles. The maximum Gasteiger partial charge on any atom is 0.262 e. The van der Waals surface area contributed by atoms with Crippen LogP contribution < -0.4 is 5.32 Å². The first-order chi connectivity index (χ1) is 9.54. The van der Waals surface area contributed by atoms with E-state index in [0.29, 0.717) is 23.9 Å². The Labute approximate surface area is 118 Å². The third kappa shape index (κ3) is 2.16. The Morgan fingerprint density at radius 2 is 2.20 bits per heavy atom. The molecule has 1 fully saturated rings. The van der Waals surface area contributed by atoms with Crippen molar-refractivity contribution in [3.8, 4) is 0 Å². The number of anilines is 1. The first-order valence-electron chi connectivity index (χ1n) is 6.65. The maximum absolute atomic E-state index is 12.8. The van der Waals surface area contributed by atoms with Crippen LogP contribution in [0.15, 0.2) is 29.4 Å². The molecule has 0 spiro atoms. The molecule has 2 aromatic heterocycles. The summed E-state index contributed by atoms with van der Waals surface area (Å²) >= 11 is 0. The molecular formula is C13H18N4O2S. The van der Waals surface area contributed by atoms with Gasteiger partial charge in [0.15, 0.2) is 10.8 Å². The number of hydrogen-bond acceptors (Lipinski definition) is 4. The van der Waals surface area contributed by atoms with Crippen molar-refractivity contribution in [3.05, 3.63) is 24.4 Å². The number of hydrogen-bond donors (Lipinski definition) is 1. The topological polar surface area (TPSA) is 66.7 Å². The van der Waals surface area contributed by atoms with E-state index in [1.54, 1.807) is 36.8 Å². The summed E-state index contributed by atoms with van der Waals surface area (Å²) in [7, 11) is -0.232. The van der Waals surface area contributed by atoms with Crippen molar-refractivity contribution in [1.29, 1.82) is 0 Å². The van der Waals surface area contributed by atoms with Crippen LogP contribution in [-0.4, -0.2) is 42.7 Å². The van der Waals surface area contributed by atoms with E-state index in [2.05, 4.69) is 10.3 Å². The normalized spacial score (nSPS) is 15.9. The number of fused-ring (bicyclic) bond motifs is 1. The maximum atomic E-state index is 12.8. The summed E-state index contributed by atoms with van der Waals surface area (Å²) in [5, 5.41) is 3.08. The van der Waals surface area contributed by atoms with Crippen molar-refractivity contribution < 1.29 is 8.42 Å². The molecule has 108 valence electrons. The lowest BCUT2D eigenvalue weighted by Crippen LogP contribution is -2.30. The molecule has 2 heterocycles. The molecule has 1 aliphatic rings. The Kier molecular flexibility index (Phi) is 3.18. The van der Waals surface area contributed by atoms with Gasteiger partial charge in [0.25, 0.3) is 10.0 Å². The van der Waals surface area contributed by atoms with E-state index in [1.807, 2.05) is 6.07 Å². The SMILES string of the molecule is CNc1nc2ccccn2c1S(=O)(=O)N(C)CC1CC1. The fraction of sp³-hybridized carbons (Fsp3) is 0.462. The van der Waals surface area contributed by atoms with E-state index in [-0.39, 0.29) is 5.03 Å². The van der Waals surface area contributed by atoms with Gasteiger partial charge in [-0.15, -0.1) is 0 Å². The number of aromatic nitrogens is 2. The highest BCUT2D eigenvalue weighted by Crippen LogP contribution is 2.32. The number of imidazole rings is 1. The number of pyridine rings is 1. The Bertz CT molecular complexity index is 734. The predicted molar refractivity (Wildman–Crippen MR) is 77.3 cm³/mol. The van der Waals surface area contributed by atoms with Gasteiger partial charge in [-0.2, -0.15) is 4.31 Å². The zero-order chi connectivity index (χ0) is 14.3. The van der Waals surface area contributed by atoms with E-state index >= 15 is 0 Å². The van der Waals surface area contributed by atoms with Gasteiger partial charge in [0, 0.05) is 26.8 Å². The Morgan fingerprint density at radius 3 is 2.85 bits per heavy atom. The minimum atomic E-state index is -3.55. The highest BCUT2D eigenvalue weighted by atomic mass is 32.2. The van der Waals surface area contributed by atoms with Crippen LogP contribution in [0.4, 0.5) is 5.82 Å². The summed E-state index contributed by atoms with van der Waals surface area (Å²) in [6, 6.07) is 5.43. The van der Waals surface area contributed by atoms with Crippen molar-refractivity contribution >= 4 is 21.5 Å². The van der Waals surface area contributed by atoms with E-state index in [9.17, 15) is 8.42 Å². The molecule has 7 heteroatoms. The van der Waals surface area contributed by atoms with Crippen LogP contribution in [0.3, 0.4) is 0 Å². The minimum Gasteiger partial charge on any atom is -0.371 e. The van der Waals surface area contributed by atoms with Gasteiger partial charge in [-0.25, -0.2) is 13.4 Å². The van der Waals surface area contributed by atoms with Crippen LogP contribution >= 0.6 is 0 Å². The van der Waals surface area contributed by atoms with Crippen LogP contribution in [0.5, 0.6) is 0 Å². The second-order valence-corrected chi connectivity index (χ2v) is 7.13. The molecule has 0 amide bonds. The largest absolute Gasteiger partial charge is 0.371 e. The fourth-order valence-electron chi connectivity index (χ4n) is 2.29. The molecule has 0 atom stereocenters. The number of nitrogens with one attached hydrogen (secondary N) is 1. The second-order valence-electron chi connectivity index (χ2n) is 5.17. The first kappa shape index (κ1) is 13.4. The molecule has 3 rings (SSSR count). The quantitative estimate of drug-likeness (QED) is 0.905. The summed E-state index contributed by atoms with van der Waals surface area (Å²) in [5.41, 5.74) is 0.621. The van der Waals surface area contributed by atoms with Crippen LogP contribution in [-0.2, 0) is 10.0 Å². The zero-order valence-corrected chi connectivity index (χ0v) is 12.4. The molecule has 0 radical (unpaired) electrons. The van der Waals surface area contributed by atoms with Crippen molar-refractivity contribution in [3.63, 3.8) is 0 Å². The first-order valence-corrected chi connectivity index (χ1v) is 8.09. The van der Waals surface area contributed by atoms with Gasteiger partial charge < -0.3 is 5.32 Å². The average Bonchev–Trinajstić information content (AvgIpc) is 3.15. The number of sulfonamides is 1. The van der Waals surface area contributed by atoms with Gasteiger partial charge in [0.2, 0.25) is 0 Å². The van der Waals surface area contributed by atoms with E-state index in [4.69, 9.17) is 0 Å². The molecule has 1 N–H and O–H groups in total. The molecule has 20 heavy (non-hydrogen) atoms. The lowest BCUT2D eigenvalue weighted by Gasteiger charge is -2.17. The third-order valence-corrected chi connectivity index (χ3v) is 5.44. The Balaban J connectivity index is 2.11. The lowest BCUT2D eigenvalue weighted by molar-refractivity contribution is 0.450. The summed E-state index contributed by atoms with van der Waals surface area (Å²) in [4.78, 5) is 4.32. The summed E-state index contributed by atoms with van der Waals surface area (Å²) in [6.45, 7) is 0.575. The van der Waals surface area contributed by atoms with Crippen LogP contribution in [0.1, 0.15) is 12.8 Å². The molecule has 0 aromatic carbocycles. The van der Waals surface area contributed by atoms with E-state index in [1.165, 1.54) is 4.31 Å². The van der Waals surface area contributed by atoms with Crippen molar-refractivity contribution in [2.24, 2.45) is 5.92 Å². The van der Waals surface area contributed by atoms with Gasteiger partial charge >= 0.3 is 0 Å². The summed E-state index contributed by atoms with van der Waals surface area (Å²) in [5.74, 6) is 0.894. The molecular weight excluding hydrogens is 276 g/mol. The fourth-order valence-corrected chi connectivity index (χ4v) is 3.79. The molecule has 0 aliphatic heterocycles. The number of rotatable bonds is 5. The lowest BCUT2D eigenvalue weighted by atomic mass is 10.4. The predicted octanol–water partition coefficient (Wildman–Crippen LogP) is 1.41. The monoisotopic (exact) mass is 294 g/mol. The van der Waals surface area contributed by atoms with Gasteiger partial charge in [-0.3, -0.25) is 4.40 Å².